The Morgan fingerprint density at radius 2 is 1.08 bits per heavy atom. The highest BCUT2D eigenvalue weighted by molar-refractivity contribution is 6.30. The van der Waals surface area contributed by atoms with E-state index in [2.05, 4.69) is 52.8 Å². The van der Waals surface area contributed by atoms with Gasteiger partial charge in [0, 0.05) is 50.8 Å². The molecule has 10 atom stereocenters. The molecule has 32 heteroatoms. The lowest BCUT2D eigenvalue weighted by molar-refractivity contribution is -0.142. The number of aromatic hydroxyl groups is 1. The number of nitrogens with one attached hydrogen (secondary N) is 10. The molecule has 1 saturated heterocycles. The van der Waals surface area contributed by atoms with Gasteiger partial charge in [-0.2, -0.15) is 0 Å². The largest absolute Gasteiger partial charge is 0.508 e. The Labute approximate surface area is 553 Å². The zero-order chi connectivity index (χ0) is 70.1. The van der Waals surface area contributed by atoms with Crippen molar-refractivity contribution in [2.75, 3.05) is 26.2 Å². The standard InChI is InChI=1S/C63H86ClN17O14/c1-33(2)25-44(54(87)73-43(11-7-23-70-63(67)68)62(95)81-24-8-12-51(81)61(94)71-34(3)53(66)86)74-56(89)47(29-38-13-18-39-9-5-6-10-40(39)26-38)76-55(88)45(28-37-16-21-42(84)22-17-37)77-60(93)50(32-82)79-59(92)49(31-65)78-57(90)46(27-36-14-19-41(64)20-15-36)75-58(91)48(72-35(4)83)30-52(85)80-69/h5-6,9-10,13-22,26,33-34,43-51,82,84H,7-8,11-12,23-25,27-32,65,69H2,1-4H3,(H2,66,86)(H,71,94)(H,72,83)(H,73,87)(H,74,89)(H,75,91)(H,76,88)(H,77,93)(H,78,90)(H,79,92)(H,80,85)(H4,67,68,70)/t34-,43+,44+,45+,46-,47-,48+,49?,50+,51+/m1/s1. The number of carbonyl (C=O) groups is 12. The molecule has 12 amide bonds. The summed E-state index contributed by atoms with van der Waals surface area (Å²) >= 11 is 6.09. The van der Waals surface area contributed by atoms with Crippen LogP contribution in [0.4, 0.5) is 0 Å². The number of rotatable bonds is 35. The number of benzene rings is 4. The molecule has 1 aliphatic heterocycles. The lowest BCUT2D eigenvalue weighted by atomic mass is 9.98. The van der Waals surface area contributed by atoms with Gasteiger partial charge in [-0.05, 0) is 96.7 Å². The van der Waals surface area contributed by atoms with Crippen LogP contribution in [-0.4, -0.2) is 179 Å². The van der Waals surface area contributed by atoms with Gasteiger partial charge in [-0.3, -0.25) is 68.0 Å². The molecule has 22 N–H and O–H groups in total. The third kappa shape index (κ3) is 24.1. The minimum Gasteiger partial charge on any atom is -0.508 e. The van der Waals surface area contributed by atoms with Crippen LogP contribution in [0.1, 0.15) is 82.9 Å². The van der Waals surface area contributed by atoms with E-state index in [0.29, 0.717) is 28.1 Å². The SMILES string of the molecule is CC(=O)N[C@@H](CC(=O)NN)C(=O)N[C@H](Cc1ccc(Cl)cc1)C(=O)NC(CN)C(=O)N[C@@H](CO)C(=O)N[C@@H](Cc1ccc(O)cc1)C(=O)N[C@H](Cc1ccc2ccccc2c1)C(=O)N[C@@H](CC(C)C)C(=O)N[C@@H](CCCN=C(N)N)C(=O)N1CCC[C@H]1C(=O)N[C@H](C)C(N)=O. The first kappa shape index (κ1) is 75.7. The van der Waals surface area contributed by atoms with Crippen LogP contribution in [0.15, 0.2) is 96.0 Å². The van der Waals surface area contributed by atoms with Gasteiger partial charge in [-0.1, -0.05) is 92.2 Å². The molecule has 0 spiro atoms. The van der Waals surface area contributed by atoms with Crippen LogP contribution in [-0.2, 0) is 76.8 Å². The van der Waals surface area contributed by atoms with Gasteiger partial charge in [0.2, 0.25) is 70.9 Å². The summed E-state index contributed by atoms with van der Waals surface area (Å²) in [6.07, 6.45) is -0.562. The smallest absolute Gasteiger partial charge is 0.245 e. The fourth-order valence-corrected chi connectivity index (χ4v) is 10.5. The first-order valence-electron chi connectivity index (χ1n) is 30.8. The quantitative estimate of drug-likeness (QED) is 0.00532. The highest BCUT2D eigenvalue weighted by Gasteiger charge is 2.40. The number of hydrogen-bond donors (Lipinski definition) is 17. The molecule has 1 aliphatic rings. The van der Waals surface area contributed by atoms with Gasteiger partial charge in [-0.25, -0.2) is 5.84 Å². The van der Waals surface area contributed by atoms with Crippen LogP contribution in [0.3, 0.4) is 0 Å². The number of phenols is 1. The van der Waals surface area contributed by atoms with Crippen LogP contribution in [0, 0.1) is 5.92 Å². The lowest BCUT2D eigenvalue weighted by Crippen LogP contribution is -2.62. The maximum atomic E-state index is 15.0. The number of guanidine groups is 1. The predicted molar refractivity (Wildman–Crippen MR) is 350 cm³/mol. The number of aliphatic hydroxyl groups is 1. The first-order valence-corrected chi connectivity index (χ1v) is 31.1. The van der Waals surface area contributed by atoms with Crippen LogP contribution >= 0.6 is 11.6 Å². The number of primary amides is 1. The van der Waals surface area contributed by atoms with E-state index in [9.17, 15) is 63.0 Å². The van der Waals surface area contributed by atoms with Crippen molar-refractivity contribution in [1.29, 1.82) is 0 Å². The molecule has 0 aromatic heterocycles. The fourth-order valence-electron chi connectivity index (χ4n) is 10.3. The first-order chi connectivity index (χ1) is 45.1. The molecule has 0 aliphatic carbocycles. The fraction of sp³-hybridized carbons (Fsp3) is 0.444. The monoisotopic (exact) mass is 1340 g/mol. The van der Waals surface area contributed by atoms with Gasteiger partial charge in [0.1, 0.15) is 66.2 Å². The molecule has 4 aromatic rings. The van der Waals surface area contributed by atoms with Crippen molar-refractivity contribution in [3.05, 3.63) is 113 Å². The van der Waals surface area contributed by atoms with Crippen LogP contribution < -0.4 is 82.1 Å². The zero-order valence-electron chi connectivity index (χ0n) is 53.2. The summed E-state index contributed by atoms with van der Waals surface area (Å²) in [5.41, 5.74) is 25.8. The third-order valence-corrected chi connectivity index (χ3v) is 15.6. The second-order valence-corrected chi connectivity index (χ2v) is 23.8. The number of amides is 12. The molecule has 31 nitrogen and oxygen atoms in total. The summed E-state index contributed by atoms with van der Waals surface area (Å²) in [7, 11) is 0. The Hall–Kier alpha value is -9.98. The number of carbonyl (C=O) groups excluding carboxylic acids is 12. The number of aliphatic hydroxyl groups excluding tert-OH is 1. The molecule has 0 bridgehead atoms. The van der Waals surface area contributed by atoms with E-state index in [4.69, 9.17) is 40.4 Å². The Bertz CT molecular complexity index is 3410. The zero-order valence-corrected chi connectivity index (χ0v) is 53.9. The topological polar surface area (TPSA) is 511 Å². The van der Waals surface area contributed by atoms with Gasteiger partial charge in [0.15, 0.2) is 5.96 Å². The van der Waals surface area contributed by atoms with Gasteiger partial charge in [-0.15, -0.1) is 0 Å². The Balaban J connectivity index is 1.43. The number of nitrogens with two attached hydrogens (primary N) is 5. The van der Waals surface area contributed by atoms with Crippen molar-refractivity contribution >= 4 is 99.2 Å². The molecular weight excluding hydrogens is 1250 g/mol. The van der Waals surface area contributed by atoms with Crippen molar-refractivity contribution in [2.45, 2.75) is 146 Å². The summed E-state index contributed by atoms with van der Waals surface area (Å²) in [5.74, 6) is -5.89. The molecule has 1 fully saturated rings. The maximum absolute atomic E-state index is 15.0. The molecule has 0 saturated carbocycles. The van der Waals surface area contributed by atoms with Crippen LogP contribution in [0.2, 0.25) is 5.02 Å². The molecule has 5 rings (SSSR count). The minimum absolute atomic E-state index is 0.00315. The summed E-state index contributed by atoms with van der Waals surface area (Å²) in [4.78, 5) is 170. The molecule has 514 valence electrons. The second kappa shape index (κ2) is 37.1. The number of likely N-dealkylation sites (tertiary alicyclic amines) is 1. The molecule has 1 heterocycles. The Kier molecular flexibility index (Phi) is 29.5. The number of phenolic OH excluding ortho intramolecular Hbond substituents is 1. The number of nitrogens with zero attached hydrogens (tertiary/aromatic N) is 2. The number of fused-ring (bicyclic) bond motifs is 1. The highest BCUT2D eigenvalue weighted by Crippen LogP contribution is 2.22. The molecule has 4 aromatic carbocycles. The van der Waals surface area contributed by atoms with E-state index < -0.39 is 151 Å². The van der Waals surface area contributed by atoms with Gasteiger partial charge >= 0.3 is 0 Å². The summed E-state index contributed by atoms with van der Waals surface area (Å²) in [5, 5.41) is 45.7. The number of halogens is 1. The predicted octanol–water partition coefficient (Wildman–Crippen LogP) is -3.46. The van der Waals surface area contributed by atoms with E-state index in [1.807, 2.05) is 35.8 Å². The summed E-state index contributed by atoms with van der Waals surface area (Å²) < 4.78 is 0. The van der Waals surface area contributed by atoms with E-state index in [1.165, 1.54) is 48.2 Å². The van der Waals surface area contributed by atoms with E-state index >= 15 is 4.79 Å². The number of hydrogen-bond acceptors (Lipinski definition) is 17. The highest BCUT2D eigenvalue weighted by atomic mass is 35.5. The van der Waals surface area contributed by atoms with Gasteiger partial charge in [0.25, 0.3) is 0 Å². The second-order valence-electron chi connectivity index (χ2n) is 23.4. The third-order valence-electron chi connectivity index (χ3n) is 15.3. The number of aliphatic imine (C=N–C) groups is 1. The Morgan fingerprint density at radius 1 is 0.600 bits per heavy atom. The van der Waals surface area contributed by atoms with Crippen LogP contribution in [0.5, 0.6) is 5.75 Å². The van der Waals surface area contributed by atoms with Crippen LogP contribution in [0.25, 0.3) is 10.8 Å². The summed E-state index contributed by atoms with van der Waals surface area (Å²) in [6, 6.07) is 10.0. The van der Waals surface area contributed by atoms with Crippen molar-refractivity contribution in [3.63, 3.8) is 0 Å². The average molecular weight is 1340 g/mol. The van der Waals surface area contributed by atoms with Crippen molar-refractivity contribution < 1.29 is 67.7 Å². The van der Waals surface area contributed by atoms with E-state index in [1.54, 1.807) is 38.1 Å². The molecule has 95 heavy (non-hydrogen) atoms. The van der Waals surface area contributed by atoms with Crippen molar-refractivity contribution in [1.82, 2.24) is 58.2 Å². The summed E-state index contributed by atoms with van der Waals surface area (Å²) in [6.45, 7) is 4.55. The number of hydrazine groups is 1. The average Bonchev–Trinajstić information content (AvgIpc) is 1.83. The normalized spacial score (nSPS) is 15.5. The Morgan fingerprint density at radius 3 is 1.62 bits per heavy atom. The lowest BCUT2D eigenvalue weighted by Gasteiger charge is -2.31. The van der Waals surface area contributed by atoms with Gasteiger partial charge in [0.05, 0.1) is 13.0 Å². The van der Waals surface area contributed by atoms with E-state index in [-0.39, 0.29) is 75.7 Å². The van der Waals surface area contributed by atoms with Crippen molar-refractivity contribution in [2.24, 2.45) is 39.7 Å². The van der Waals surface area contributed by atoms with Gasteiger partial charge < -0.3 is 85.9 Å². The molecule has 1 unspecified atom stereocenters. The maximum Gasteiger partial charge on any atom is 0.245 e. The van der Waals surface area contributed by atoms with E-state index in [0.717, 1.165) is 17.7 Å². The molecular formula is C63H86ClN17O14. The molecule has 0 radical (unpaired) electrons. The minimum atomic E-state index is -1.85. The van der Waals surface area contributed by atoms with Crippen molar-refractivity contribution in [3.8, 4) is 5.75 Å².